The molecule has 1 unspecified atom stereocenters. The summed E-state index contributed by atoms with van der Waals surface area (Å²) in [4.78, 5) is -0.804. The van der Waals surface area contributed by atoms with Gasteiger partial charge in [-0.15, -0.1) is 0 Å². The zero-order valence-corrected chi connectivity index (χ0v) is 16.3. The third kappa shape index (κ3) is 4.08. The minimum Gasteiger partial charge on any atom is -0.224 e. The molecule has 0 N–H and O–H groups in total. The number of rotatable bonds is 5. The van der Waals surface area contributed by atoms with E-state index in [-0.39, 0.29) is 17.9 Å². The zero-order valence-electron chi connectivity index (χ0n) is 14.6. The van der Waals surface area contributed by atoms with Crippen molar-refractivity contribution in [1.82, 2.24) is 4.31 Å². The maximum Gasteiger partial charge on any atom is 0.417 e. The lowest BCUT2D eigenvalue weighted by molar-refractivity contribution is -0.139. The Balaban J connectivity index is 1.95. The minimum atomic E-state index is -4.84. The largest absolute Gasteiger partial charge is 0.417 e. The quantitative estimate of drug-likeness (QED) is 0.725. The first kappa shape index (κ1) is 20.8. The number of alkyl halides is 3. The molecule has 2 aromatic carbocycles. The fraction of sp³-hybridized carbons (Fsp3) is 0.333. The van der Waals surface area contributed by atoms with Crippen molar-refractivity contribution >= 4 is 19.9 Å². The first-order chi connectivity index (χ1) is 13.0. The van der Waals surface area contributed by atoms with Crippen molar-refractivity contribution in [3.63, 3.8) is 0 Å². The molecule has 0 saturated carbocycles. The van der Waals surface area contributed by atoms with Gasteiger partial charge >= 0.3 is 6.18 Å². The molecule has 0 amide bonds. The second-order valence-electron chi connectivity index (χ2n) is 6.50. The highest BCUT2D eigenvalue weighted by Crippen LogP contribution is 2.37. The molecule has 1 saturated heterocycles. The maximum absolute atomic E-state index is 13.3. The molecule has 0 bridgehead atoms. The van der Waals surface area contributed by atoms with Crippen LogP contribution in [0.1, 0.15) is 18.4 Å². The number of sulfonamides is 1. The Labute approximate surface area is 161 Å². The minimum absolute atomic E-state index is 0.0243. The highest BCUT2D eigenvalue weighted by atomic mass is 32.2. The molecule has 0 aliphatic carbocycles. The van der Waals surface area contributed by atoms with E-state index in [1.54, 1.807) is 18.2 Å². The first-order valence-electron chi connectivity index (χ1n) is 8.49. The summed E-state index contributed by atoms with van der Waals surface area (Å²) >= 11 is 0. The van der Waals surface area contributed by atoms with Crippen LogP contribution in [0.15, 0.2) is 64.4 Å². The van der Waals surface area contributed by atoms with Crippen molar-refractivity contribution < 1.29 is 30.0 Å². The SMILES string of the molecule is O=S(=O)(CC1CCCN1S(=O)(=O)c1ccccc1C(F)(F)F)c1ccccc1. The van der Waals surface area contributed by atoms with Gasteiger partial charge in [-0.05, 0) is 37.1 Å². The Morgan fingerprint density at radius 3 is 2.18 bits per heavy atom. The van der Waals surface area contributed by atoms with E-state index in [0.29, 0.717) is 12.5 Å². The van der Waals surface area contributed by atoms with Crippen LogP contribution < -0.4 is 0 Å². The van der Waals surface area contributed by atoms with Crippen LogP contribution >= 0.6 is 0 Å². The van der Waals surface area contributed by atoms with Crippen LogP contribution in [0.5, 0.6) is 0 Å². The average molecular weight is 433 g/mol. The van der Waals surface area contributed by atoms with E-state index < -0.39 is 48.3 Å². The summed E-state index contributed by atoms with van der Waals surface area (Å²) in [5.41, 5.74) is -1.26. The molecule has 1 heterocycles. The van der Waals surface area contributed by atoms with E-state index in [9.17, 15) is 30.0 Å². The van der Waals surface area contributed by atoms with Crippen molar-refractivity contribution in [3.8, 4) is 0 Å². The molecule has 5 nitrogen and oxygen atoms in total. The second-order valence-corrected chi connectivity index (χ2v) is 10.4. The first-order valence-corrected chi connectivity index (χ1v) is 11.6. The van der Waals surface area contributed by atoms with Gasteiger partial charge < -0.3 is 0 Å². The van der Waals surface area contributed by atoms with Gasteiger partial charge in [0.1, 0.15) is 0 Å². The Morgan fingerprint density at radius 1 is 0.929 bits per heavy atom. The van der Waals surface area contributed by atoms with Gasteiger partial charge in [-0.1, -0.05) is 30.3 Å². The van der Waals surface area contributed by atoms with Gasteiger partial charge in [-0.25, -0.2) is 16.8 Å². The molecule has 10 heteroatoms. The van der Waals surface area contributed by atoms with Gasteiger partial charge in [-0.3, -0.25) is 0 Å². The van der Waals surface area contributed by atoms with E-state index in [1.165, 1.54) is 18.2 Å². The Kier molecular flexibility index (Phi) is 5.57. The molecule has 0 radical (unpaired) electrons. The van der Waals surface area contributed by atoms with Gasteiger partial charge in [0.05, 0.1) is 21.1 Å². The van der Waals surface area contributed by atoms with Crippen LogP contribution in [0.4, 0.5) is 13.2 Å². The highest BCUT2D eigenvalue weighted by Gasteiger charge is 2.43. The van der Waals surface area contributed by atoms with E-state index >= 15 is 0 Å². The normalized spacial score (nSPS) is 19.0. The number of sulfone groups is 1. The van der Waals surface area contributed by atoms with Crippen LogP contribution in [-0.4, -0.2) is 39.5 Å². The molecule has 1 aliphatic heterocycles. The summed E-state index contributed by atoms with van der Waals surface area (Å²) in [7, 11) is -8.29. The highest BCUT2D eigenvalue weighted by molar-refractivity contribution is 7.91. The van der Waals surface area contributed by atoms with Crippen molar-refractivity contribution in [2.75, 3.05) is 12.3 Å². The summed E-state index contributed by atoms with van der Waals surface area (Å²) < 4.78 is 91.9. The predicted molar refractivity (Wildman–Crippen MR) is 96.9 cm³/mol. The molecule has 2 aromatic rings. The Bertz CT molecular complexity index is 1050. The van der Waals surface area contributed by atoms with Crippen molar-refractivity contribution in [3.05, 3.63) is 60.2 Å². The lowest BCUT2D eigenvalue weighted by Gasteiger charge is -2.25. The van der Waals surface area contributed by atoms with Crippen LogP contribution in [0.3, 0.4) is 0 Å². The lowest BCUT2D eigenvalue weighted by atomic mass is 10.2. The summed E-state index contributed by atoms with van der Waals surface area (Å²) in [6.07, 6.45) is -4.20. The third-order valence-electron chi connectivity index (χ3n) is 4.62. The Morgan fingerprint density at radius 2 is 1.54 bits per heavy atom. The van der Waals surface area contributed by atoms with Crippen molar-refractivity contribution in [2.45, 2.75) is 34.9 Å². The summed E-state index contributed by atoms with van der Waals surface area (Å²) in [5.74, 6) is -0.482. The molecule has 1 fully saturated rings. The van der Waals surface area contributed by atoms with E-state index in [1.807, 2.05) is 0 Å². The number of nitrogens with zero attached hydrogens (tertiary/aromatic N) is 1. The summed E-state index contributed by atoms with van der Waals surface area (Å²) in [5, 5.41) is 0. The summed E-state index contributed by atoms with van der Waals surface area (Å²) in [6.45, 7) is -0.0243. The van der Waals surface area contributed by atoms with Crippen LogP contribution in [0.2, 0.25) is 0 Å². The lowest BCUT2D eigenvalue weighted by Crippen LogP contribution is -2.40. The van der Waals surface area contributed by atoms with Gasteiger partial charge in [0.15, 0.2) is 9.84 Å². The zero-order chi connectivity index (χ0) is 20.6. The van der Waals surface area contributed by atoms with Crippen LogP contribution in [-0.2, 0) is 26.0 Å². The molecule has 0 spiro atoms. The fourth-order valence-electron chi connectivity index (χ4n) is 3.32. The molecule has 1 aliphatic rings. The second kappa shape index (κ2) is 7.49. The number of hydrogen-bond acceptors (Lipinski definition) is 4. The standard InChI is InChI=1S/C18H18F3NO4S2/c19-18(20,21)16-10-4-5-11-17(16)28(25,26)22-12-6-7-14(22)13-27(23,24)15-8-2-1-3-9-15/h1-5,8-11,14H,6-7,12-13H2. The molecular formula is C18H18F3NO4S2. The van der Waals surface area contributed by atoms with Gasteiger partial charge in [0, 0.05) is 12.6 Å². The maximum atomic E-state index is 13.3. The number of hydrogen-bond donors (Lipinski definition) is 0. The fourth-order valence-corrected chi connectivity index (χ4v) is 6.94. The molecule has 3 rings (SSSR count). The average Bonchev–Trinajstić information content (AvgIpc) is 3.10. The van der Waals surface area contributed by atoms with Crippen LogP contribution in [0.25, 0.3) is 0 Å². The monoisotopic (exact) mass is 433 g/mol. The van der Waals surface area contributed by atoms with Crippen molar-refractivity contribution in [1.29, 1.82) is 0 Å². The molecule has 152 valence electrons. The number of halogens is 3. The van der Waals surface area contributed by atoms with Crippen LogP contribution in [0, 0.1) is 0 Å². The Hall–Kier alpha value is -1.91. The van der Waals surface area contributed by atoms with Gasteiger partial charge in [0.25, 0.3) is 0 Å². The predicted octanol–water partition coefficient (Wildman–Crippen LogP) is 3.33. The molecular weight excluding hydrogens is 415 g/mol. The molecule has 1 atom stereocenters. The van der Waals surface area contributed by atoms with Gasteiger partial charge in [0.2, 0.25) is 10.0 Å². The molecule has 28 heavy (non-hydrogen) atoms. The van der Waals surface area contributed by atoms with Crippen molar-refractivity contribution in [2.24, 2.45) is 0 Å². The van der Waals surface area contributed by atoms with E-state index in [0.717, 1.165) is 16.4 Å². The summed E-state index contributed by atoms with van der Waals surface area (Å²) in [6, 6.07) is 10.6. The third-order valence-corrected chi connectivity index (χ3v) is 8.44. The van der Waals surface area contributed by atoms with E-state index in [2.05, 4.69) is 0 Å². The topological polar surface area (TPSA) is 71.5 Å². The molecule has 0 aromatic heterocycles. The smallest absolute Gasteiger partial charge is 0.224 e. The van der Waals surface area contributed by atoms with E-state index in [4.69, 9.17) is 0 Å². The number of benzene rings is 2. The van der Waals surface area contributed by atoms with Gasteiger partial charge in [-0.2, -0.15) is 17.5 Å².